The van der Waals surface area contributed by atoms with Gasteiger partial charge in [0.05, 0.1) is 6.26 Å². The van der Waals surface area contributed by atoms with E-state index >= 15 is 0 Å². The number of benzene rings is 2. The predicted octanol–water partition coefficient (Wildman–Crippen LogP) is 3.40. The SMILES string of the molecule is O=Cc1cc2ccoc2c2ccccc12. The summed E-state index contributed by atoms with van der Waals surface area (Å²) in [5.41, 5.74) is 1.55. The fourth-order valence-corrected chi connectivity index (χ4v) is 1.93. The average molecular weight is 196 g/mol. The molecule has 1 heterocycles. The molecular formula is C13H8O2. The van der Waals surface area contributed by atoms with E-state index < -0.39 is 0 Å². The second-order valence-corrected chi connectivity index (χ2v) is 3.47. The second kappa shape index (κ2) is 2.95. The van der Waals surface area contributed by atoms with Crippen LogP contribution in [0.2, 0.25) is 0 Å². The van der Waals surface area contributed by atoms with E-state index in [1.54, 1.807) is 6.26 Å². The van der Waals surface area contributed by atoms with E-state index in [0.717, 1.165) is 28.0 Å². The summed E-state index contributed by atoms with van der Waals surface area (Å²) in [7, 11) is 0. The van der Waals surface area contributed by atoms with E-state index in [1.807, 2.05) is 36.4 Å². The number of hydrogen-bond acceptors (Lipinski definition) is 2. The lowest BCUT2D eigenvalue weighted by Crippen LogP contribution is -1.83. The maximum atomic E-state index is 11.0. The summed E-state index contributed by atoms with van der Waals surface area (Å²) in [6.07, 6.45) is 2.53. The molecule has 0 N–H and O–H groups in total. The molecule has 0 amide bonds. The molecule has 0 unspecified atom stereocenters. The van der Waals surface area contributed by atoms with Crippen LogP contribution in [-0.4, -0.2) is 6.29 Å². The molecule has 2 aromatic carbocycles. The standard InChI is InChI=1S/C13H8O2/c14-8-10-7-9-5-6-15-13(9)12-4-2-1-3-11(10)12/h1-8H. The Morgan fingerprint density at radius 2 is 1.87 bits per heavy atom. The molecule has 0 aliphatic rings. The van der Waals surface area contributed by atoms with Crippen molar-refractivity contribution in [3.8, 4) is 0 Å². The van der Waals surface area contributed by atoms with Crippen LogP contribution in [0.5, 0.6) is 0 Å². The fraction of sp³-hybridized carbons (Fsp3) is 0. The molecule has 0 saturated heterocycles. The Morgan fingerprint density at radius 1 is 1.07 bits per heavy atom. The Bertz CT molecular complexity index is 650. The fourth-order valence-electron chi connectivity index (χ4n) is 1.93. The second-order valence-electron chi connectivity index (χ2n) is 3.47. The van der Waals surface area contributed by atoms with Crippen LogP contribution in [-0.2, 0) is 0 Å². The zero-order valence-electron chi connectivity index (χ0n) is 7.94. The minimum atomic E-state index is 0.708. The van der Waals surface area contributed by atoms with E-state index in [1.165, 1.54) is 0 Å². The highest BCUT2D eigenvalue weighted by atomic mass is 16.3. The molecule has 3 rings (SSSR count). The van der Waals surface area contributed by atoms with Gasteiger partial charge in [-0.1, -0.05) is 24.3 Å². The molecule has 2 heteroatoms. The predicted molar refractivity (Wildman–Crippen MR) is 59.1 cm³/mol. The molecule has 0 saturated carbocycles. The topological polar surface area (TPSA) is 30.2 Å². The lowest BCUT2D eigenvalue weighted by atomic mass is 10.0. The third-order valence-corrected chi connectivity index (χ3v) is 2.62. The summed E-state index contributed by atoms with van der Waals surface area (Å²) < 4.78 is 5.41. The van der Waals surface area contributed by atoms with Gasteiger partial charge >= 0.3 is 0 Å². The number of carbonyl (C=O) groups excluding carboxylic acids is 1. The number of rotatable bonds is 1. The van der Waals surface area contributed by atoms with Gasteiger partial charge in [-0.15, -0.1) is 0 Å². The highest BCUT2D eigenvalue weighted by molar-refractivity contribution is 6.11. The number of furan rings is 1. The third-order valence-electron chi connectivity index (χ3n) is 2.62. The molecule has 1 aromatic heterocycles. The van der Waals surface area contributed by atoms with E-state index in [9.17, 15) is 4.79 Å². The van der Waals surface area contributed by atoms with Crippen LogP contribution >= 0.6 is 0 Å². The molecular weight excluding hydrogens is 188 g/mol. The lowest BCUT2D eigenvalue weighted by molar-refractivity contribution is 0.112. The van der Waals surface area contributed by atoms with E-state index in [2.05, 4.69) is 0 Å². The molecule has 0 bridgehead atoms. The van der Waals surface area contributed by atoms with Crippen LogP contribution < -0.4 is 0 Å². The molecule has 0 spiro atoms. The lowest BCUT2D eigenvalue weighted by Gasteiger charge is -2.01. The largest absolute Gasteiger partial charge is 0.464 e. The van der Waals surface area contributed by atoms with Crippen molar-refractivity contribution in [3.63, 3.8) is 0 Å². The average Bonchev–Trinajstić information content (AvgIpc) is 2.76. The van der Waals surface area contributed by atoms with Crippen LogP contribution in [0.15, 0.2) is 47.1 Å². The molecule has 72 valence electrons. The van der Waals surface area contributed by atoms with Gasteiger partial charge in [-0.3, -0.25) is 4.79 Å². The maximum absolute atomic E-state index is 11.0. The van der Waals surface area contributed by atoms with Crippen molar-refractivity contribution in [1.29, 1.82) is 0 Å². The first-order chi connectivity index (χ1) is 7.40. The van der Waals surface area contributed by atoms with Gasteiger partial charge in [0.25, 0.3) is 0 Å². The first-order valence-electron chi connectivity index (χ1n) is 4.74. The summed E-state index contributed by atoms with van der Waals surface area (Å²) in [5, 5.41) is 2.90. The molecule has 0 fully saturated rings. The Hall–Kier alpha value is -2.09. The van der Waals surface area contributed by atoms with E-state index in [4.69, 9.17) is 4.42 Å². The van der Waals surface area contributed by atoms with Crippen LogP contribution in [0.4, 0.5) is 0 Å². The number of aldehydes is 1. The van der Waals surface area contributed by atoms with Gasteiger partial charge in [-0.2, -0.15) is 0 Å². The highest BCUT2D eigenvalue weighted by Crippen LogP contribution is 2.28. The van der Waals surface area contributed by atoms with Crippen molar-refractivity contribution >= 4 is 28.0 Å². The minimum absolute atomic E-state index is 0.708. The zero-order chi connectivity index (χ0) is 10.3. The third kappa shape index (κ3) is 1.08. The maximum Gasteiger partial charge on any atom is 0.150 e. The minimum Gasteiger partial charge on any atom is -0.464 e. The summed E-state index contributed by atoms with van der Waals surface area (Å²) >= 11 is 0. The van der Waals surface area contributed by atoms with Crippen molar-refractivity contribution in [2.75, 3.05) is 0 Å². The summed E-state index contributed by atoms with van der Waals surface area (Å²) in [6.45, 7) is 0. The first kappa shape index (κ1) is 8.24. The van der Waals surface area contributed by atoms with Crippen molar-refractivity contribution in [2.24, 2.45) is 0 Å². The summed E-state index contributed by atoms with van der Waals surface area (Å²) in [4.78, 5) is 11.0. The van der Waals surface area contributed by atoms with Gasteiger partial charge in [0.1, 0.15) is 5.58 Å². The Morgan fingerprint density at radius 3 is 2.67 bits per heavy atom. The first-order valence-corrected chi connectivity index (χ1v) is 4.74. The zero-order valence-corrected chi connectivity index (χ0v) is 7.94. The van der Waals surface area contributed by atoms with Crippen molar-refractivity contribution < 1.29 is 9.21 Å². The van der Waals surface area contributed by atoms with E-state index in [-0.39, 0.29) is 0 Å². The van der Waals surface area contributed by atoms with Crippen LogP contribution in [0.1, 0.15) is 10.4 Å². The Labute approximate surface area is 86.1 Å². The number of hydrogen-bond donors (Lipinski definition) is 0. The quantitative estimate of drug-likeness (QED) is 0.558. The molecule has 15 heavy (non-hydrogen) atoms. The Kier molecular flexibility index (Phi) is 1.62. The van der Waals surface area contributed by atoms with Gasteiger partial charge in [0.2, 0.25) is 0 Å². The monoisotopic (exact) mass is 196 g/mol. The van der Waals surface area contributed by atoms with Gasteiger partial charge in [-0.05, 0) is 17.5 Å². The normalized spacial score (nSPS) is 10.9. The molecule has 2 nitrogen and oxygen atoms in total. The summed E-state index contributed by atoms with van der Waals surface area (Å²) in [6, 6.07) is 11.5. The van der Waals surface area contributed by atoms with Gasteiger partial charge < -0.3 is 4.42 Å². The molecule has 0 aliphatic heterocycles. The van der Waals surface area contributed by atoms with Crippen molar-refractivity contribution in [1.82, 2.24) is 0 Å². The van der Waals surface area contributed by atoms with Crippen LogP contribution in [0.25, 0.3) is 21.7 Å². The van der Waals surface area contributed by atoms with Gasteiger partial charge in [0, 0.05) is 16.3 Å². The van der Waals surface area contributed by atoms with Crippen LogP contribution in [0, 0.1) is 0 Å². The smallest absolute Gasteiger partial charge is 0.150 e. The highest BCUT2D eigenvalue weighted by Gasteiger charge is 2.07. The van der Waals surface area contributed by atoms with Gasteiger partial charge in [-0.25, -0.2) is 0 Å². The van der Waals surface area contributed by atoms with Crippen molar-refractivity contribution in [2.45, 2.75) is 0 Å². The molecule has 0 atom stereocenters. The van der Waals surface area contributed by atoms with E-state index in [0.29, 0.717) is 5.56 Å². The summed E-state index contributed by atoms with van der Waals surface area (Å²) in [5.74, 6) is 0. The number of fused-ring (bicyclic) bond motifs is 3. The molecule has 0 radical (unpaired) electrons. The Balaban J connectivity index is 2.64. The molecule has 3 aromatic rings. The van der Waals surface area contributed by atoms with Crippen molar-refractivity contribution in [3.05, 3.63) is 48.2 Å². The molecule has 0 aliphatic carbocycles. The van der Waals surface area contributed by atoms with Crippen LogP contribution in [0.3, 0.4) is 0 Å². The number of carbonyl (C=O) groups is 1. The van der Waals surface area contributed by atoms with Gasteiger partial charge in [0.15, 0.2) is 6.29 Å².